The highest BCUT2D eigenvalue weighted by Gasteiger charge is 2.16. The van der Waals surface area contributed by atoms with Crippen molar-refractivity contribution in [3.8, 4) is 0 Å². The molecule has 15 heavy (non-hydrogen) atoms. The van der Waals surface area contributed by atoms with E-state index in [1.807, 2.05) is 0 Å². The van der Waals surface area contributed by atoms with Crippen LogP contribution in [0, 0.1) is 0 Å². The fraction of sp³-hybridized carbons (Fsp3) is 0.500. The van der Waals surface area contributed by atoms with E-state index in [0.717, 1.165) is 32.0 Å². The number of nitrogen functional groups attached to an aromatic ring is 1. The number of carbonyl (C=O) groups excluding carboxylic acids is 1. The van der Waals surface area contributed by atoms with Gasteiger partial charge in [0.2, 0.25) is 0 Å². The molecule has 2 heterocycles. The first-order chi connectivity index (χ1) is 7.18. The summed E-state index contributed by atoms with van der Waals surface area (Å²) in [5.41, 5.74) is 7.10. The van der Waals surface area contributed by atoms with Crippen molar-refractivity contribution in [3.63, 3.8) is 0 Å². The second-order valence-electron chi connectivity index (χ2n) is 3.78. The first-order valence-corrected chi connectivity index (χ1v) is 5.13. The van der Waals surface area contributed by atoms with E-state index in [4.69, 9.17) is 5.73 Å². The topological polar surface area (TPSA) is 74.2 Å². The Kier molecular flexibility index (Phi) is 2.64. The van der Waals surface area contributed by atoms with Crippen LogP contribution in [-0.4, -0.2) is 36.9 Å². The van der Waals surface area contributed by atoms with Crippen molar-refractivity contribution in [2.45, 2.75) is 6.92 Å². The molecule has 5 heteroatoms. The number of H-pyrrole nitrogens is 1. The molecule has 0 spiro atoms. The summed E-state index contributed by atoms with van der Waals surface area (Å²) in [7, 11) is 0. The Labute approximate surface area is 88.6 Å². The summed E-state index contributed by atoms with van der Waals surface area (Å²) in [5.74, 6) is 0.893. The fourth-order valence-electron chi connectivity index (χ4n) is 1.80. The average molecular weight is 208 g/mol. The molecule has 0 bridgehead atoms. The van der Waals surface area contributed by atoms with Crippen molar-refractivity contribution in [2.24, 2.45) is 0 Å². The number of Topliss-reactive ketones (excluding diaryl/α,β-unsaturated/α-hetero) is 1. The molecule has 0 saturated carbocycles. The standard InChI is InChI=1S/C10H16N4O/c1-7(15)9-6-8(11)10(13-9)14-4-2-12-3-5-14/h6,12-13H,2-5,11H2,1H3. The van der Waals surface area contributed by atoms with Gasteiger partial charge in [0.05, 0.1) is 11.4 Å². The van der Waals surface area contributed by atoms with Gasteiger partial charge in [0, 0.05) is 33.1 Å². The zero-order valence-electron chi connectivity index (χ0n) is 8.84. The van der Waals surface area contributed by atoms with Gasteiger partial charge in [-0.15, -0.1) is 0 Å². The fourth-order valence-corrected chi connectivity index (χ4v) is 1.80. The molecular formula is C10H16N4O. The number of nitrogens with zero attached hydrogens (tertiary/aromatic N) is 1. The molecular weight excluding hydrogens is 192 g/mol. The van der Waals surface area contributed by atoms with Gasteiger partial charge in [0.25, 0.3) is 0 Å². The quantitative estimate of drug-likeness (QED) is 0.607. The molecule has 82 valence electrons. The number of hydrogen-bond acceptors (Lipinski definition) is 4. The summed E-state index contributed by atoms with van der Waals surface area (Å²) in [4.78, 5) is 16.4. The van der Waals surface area contributed by atoms with Crippen molar-refractivity contribution in [1.82, 2.24) is 10.3 Å². The molecule has 2 rings (SSSR count). The average Bonchev–Trinajstić information content (AvgIpc) is 2.62. The van der Waals surface area contributed by atoms with Crippen LogP contribution in [0.15, 0.2) is 6.07 Å². The summed E-state index contributed by atoms with van der Waals surface area (Å²) in [6, 6.07) is 1.71. The number of carbonyl (C=O) groups is 1. The third-order valence-corrected chi connectivity index (χ3v) is 2.64. The van der Waals surface area contributed by atoms with Gasteiger partial charge < -0.3 is 20.9 Å². The second kappa shape index (κ2) is 3.94. The minimum atomic E-state index is 0.0167. The zero-order chi connectivity index (χ0) is 10.8. The van der Waals surface area contributed by atoms with Crippen LogP contribution in [0.1, 0.15) is 17.4 Å². The number of ketones is 1. The highest BCUT2D eigenvalue weighted by Crippen LogP contribution is 2.23. The van der Waals surface area contributed by atoms with E-state index < -0.39 is 0 Å². The molecule has 1 aromatic heterocycles. The van der Waals surface area contributed by atoms with Gasteiger partial charge in [-0.1, -0.05) is 0 Å². The highest BCUT2D eigenvalue weighted by molar-refractivity contribution is 5.95. The number of nitrogens with two attached hydrogens (primary N) is 1. The van der Waals surface area contributed by atoms with Crippen molar-refractivity contribution < 1.29 is 4.79 Å². The Bertz CT molecular complexity index is 365. The molecule has 0 aliphatic carbocycles. The predicted molar refractivity (Wildman–Crippen MR) is 60.3 cm³/mol. The van der Waals surface area contributed by atoms with Gasteiger partial charge in [-0.2, -0.15) is 0 Å². The molecule has 5 nitrogen and oxygen atoms in total. The Hall–Kier alpha value is -1.49. The Balaban J connectivity index is 2.22. The Morgan fingerprint density at radius 2 is 2.13 bits per heavy atom. The largest absolute Gasteiger partial charge is 0.396 e. The summed E-state index contributed by atoms with van der Waals surface area (Å²) < 4.78 is 0. The SMILES string of the molecule is CC(=O)c1cc(N)c(N2CCNCC2)[nH]1. The summed E-state index contributed by atoms with van der Waals surface area (Å²) in [5, 5.41) is 3.27. The predicted octanol–water partition coefficient (Wildman–Crippen LogP) is 0.209. The molecule has 0 unspecified atom stereocenters. The van der Waals surface area contributed by atoms with Crippen LogP contribution in [0.3, 0.4) is 0 Å². The van der Waals surface area contributed by atoms with E-state index in [1.54, 1.807) is 6.07 Å². The van der Waals surface area contributed by atoms with Crippen LogP contribution in [-0.2, 0) is 0 Å². The molecule has 1 aliphatic heterocycles. The number of anilines is 2. The second-order valence-corrected chi connectivity index (χ2v) is 3.78. The third-order valence-electron chi connectivity index (χ3n) is 2.64. The number of aromatic nitrogens is 1. The van der Waals surface area contributed by atoms with E-state index in [9.17, 15) is 4.79 Å². The van der Waals surface area contributed by atoms with E-state index >= 15 is 0 Å². The lowest BCUT2D eigenvalue weighted by molar-refractivity contribution is 0.101. The van der Waals surface area contributed by atoms with Gasteiger partial charge in [-0.25, -0.2) is 0 Å². The van der Waals surface area contributed by atoms with Crippen molar-refractivity contribution in [3.05, 3.63) is 11.8 Å². The number of rotatable bonds is 2. The summed E-state index contributed by atoms with van der Waals surface area (Å²) in [6.45, 7) is 5.28. The maximum atomic E-state index is 11.2. The Morgan fingerprint density at radius 1 is 1.47 bits per heavy atom. The van der Waals surface area contributed by atoms with E-state index in [2.05, 4.69) is 15.2 Å². The van der Waals surface area contributed by atoms with Crippen LogP contribution < -0.4 is 16.0 Å². The molecule has 0 amide bonds. The van der Waals surface area contributed by atoms with Crippen LogP contribution in [0.4, 0.5) is 11.5 Å². The zero-order valence-corrected chi connectivity index (χ0v) is 8.84. The monoisotopic (exact) mass is 208 g/mol. The molecule has 1 fully saturated rings. The van der Waals surface area contributed by atoms with E-state index in [-0.39, 0.29) is 5.78 Å². The first kappa shape index (κ1) is 10.0. The van der Waals surface area contributed by atoms with E-state index in [0.29, 0.717) is 11.4 Å². The lowest BCUT2D eigenvalue weighted by atomic mass is 10.3. The first-order valence-electron chi connectivity index (χ1n) is 5.13. The maximum Gasteiger partial charge on any atom is 0.176 e. The molecule has 1 aliphatic rings. The summed E-state index contributed by atoms with van der Waals surface area (Å²) >= 11 is 0. The third kappa shape index (κ3) is 1.97. The van der Waals surface area contributed by atoms with E-state index in [1.165, 1.54) is 6.92 Å². The van der Waals surface area contributed by atoms with Gasteiger partial charge >= 0.3 is 0 Å². The highest BCUT2D eigenvalue weighted by atomic mass is 16.1. The smallest absolute Gasteiger partial charge is 0.176 e. The van der Waals surface area contributed by atoms with Crippen molar-refractivity contribution >= 4 is 17.3 Å². The minimum absolute atomic E-state index is 0.0167. The minimum Gasteiger partial charge on any atom is -0.396 e. The number of hydrogen-bond donors (Lipinski definition) is 3. The molecule has 0 aromatic carbocycles. The molecule has 1 aromatic rings. The van der Waals surface area contributed by atoms with Gasteiger partial charge in [-0.3, -0.25) is 4.79 Å². The maximum absolute atomic E-state index is 11.2. The molecule has 0 radical (unpaired) electrons. The molecule has 0 atom stereocenters. The van der Waals surface area contributed by atoms with Crippen LogP contribution in [0.2, 0.25) is 0 Å². The van der Waals surface area contributed by atoms with Gasteiger partial charge in [-0.05, 0) is 6.07 Å². The van der Waals surface area contributed by atoms with Gasteiger partial charge in [0.1, 0.15) is 5.82 Å². The number of aromatic amines is 1. The molecule has 1 saturated heterocycles. The van der Waals surface area contributed by atoms with Crippen LogP contribution >= 0.6 is 0 Å². The summed E-state index contributed by atoms with van der Waals surface area (Å²) in [6.07, 6.45) is 0. The number of piperazine rings is 1. The van der Waals surface area contributed by atoms with Crippen LogP contribution in [0.25, 0.3) is 0 Å². The number of nitrogens with one attached hydrogen (secondary N) is 2. The van der Waals surface area contributed by atoms with Crippen molar-refractivity contribution in [2.75, 3.05) is 36.8 Å². The van der Waals surface area contributed by atoms with Crippen molar-refractivity contribution in [1.29, 1.82) is 0 Å². The lowest BCUT2D eigenvalue weighted by Crippen LogP contribution is -2.43. The normalized spacial score (nSPS) is 16.7. The Morgan fingerprint density at radius 3 is 2.67 bits per heavy atom. The molecule has 4 N–H and O–H groups in total. The lowest BCUT2D eigenvalue weighted by Gasteiger charge is -2.28. The van der Waals surface area contributed by atoms with Crippen LogP contribution in [0.5, 0.6) is 0 Å². The van der Waals surface area contributed by atoms with Gasteiger partial charge in [0.15, 0.2) is 5.78 Å².